The molecule has 2 aliphatic heterocycles. The predicted octanol–water partition coefficient (Wildman–Crippen LogP) is 1.48. The summed E-state index contributed by atoms with van der Waals surface area (Å²) in [6.45, 7) is -0.564. The lowest BCUT2D eigenvalue weighted by molar-refractivity contribution is -0.294. The van der Waals surface area contributed by atoms with E-state index in [-0.39, 0.29) is 34.1 Å². The highest BCUT2D eigenvalue weighted by Gasteiger charge is 2.46. The first-order valence-electron chi connectivity index (χ1n) is 13.1. The van der Waals surface area contributed by atoms with Gasteiger partial charge in [0, 0.05) is 23.8 Å². The fraction of sp³-hybridized carbons (Fsp3) is 0.233. The number of aliphatic hydroxyl groups excluding tert-OH is 3. The molecule has 0 radical (unpaired) electrons. The van der Waals surface area contributed by atoms with Crippen LogP contribution in [0.1, 0.15) is 22.8 Å². The Kier molecular flexibility index (Phi) is 8.42. The SMILES string of the molecule is O=C(/C=C/c1ccc(O)cc1)OC[C@H]1O[C@@H](OC2=Cc3c(O)cc(O)cc3OC2c2cc(O)c(O)c(O)c2)[C@H](O)[C@@H](O)[C@@H]1O. The molecule has 0 bridgehead atoms. The molecule has 1 fully saturated rings. The van der Waals surface area contributed by atoms with Crippen LogP contribution in [0.15, 0.2) is 60.4 Å². The molecule has 0 aromatic heterocycles. The Morgan fingerprint density at radius 1 is 0.818 bits per heavy atom. The first-order chi connectivity index (χ1) is 20.9. The van der Waals surface area contributed by atoms with Crippen molar-refractivity contribution >= 4 is 18.1 Å². The summed E-state index contributed by atoms with van der Waals surface area (Å²) in [7, 11) is 0. The van der Waals surface area contributed by atoms with Crippen molar-refractivity contribution in [3.05, 3.63) is 77.1 Å². The van der Waals surface area contributed by atoms with Crippen molar-refractivity contribution in [3.63, 3.8) is 0 Å². The maximum Gasteiger partial charge on any atom is 0.330 e. The van der Waals surface area contributed by atoms with Gasteiger partial charge in [0.1, 0.15) is 59.8 Å². The third kappa shape index (κ3) is 6.28. The van der Waals surface area contributed by atoms with Gasteiger partial charge in [0.2, 0.25) is 6.29 Å². The van der Waals surface area contributed by atoms with E-state index in [1.54, 1.807) is 12.1 Å². The molecular weight excluding hydrogens is 584 g/mol. The second kappa shape index (κ2) is 12.2. The second-order valence-electron chi connectivity index (χ2n) is 10.0. The van der Waals surface area contributed by atoms with E-state index in [1.807, 2.05) is 0 Å². The molecule has 14 heteroatoms. The van der Waals surface area contributed by atoms with E-state index in [0.29, 0.717) is 5.56 Å². The van der Waals surface area contributed by atoms with Gasteiger partial charge in [-0.2, -0.15) is 0 Å². The molecule has 6 atom stereocenters. The smallest absolute Gasteiger partial charge is 0.330 e. The molecule has 0 spiro atoms. The van der Waals surface area contributed by atoms with Crippen LogP contribution in [-0.4, -0.2) is 89.2 Å². The molecule has 232 valence electrons. The number of rotatable bonds is 7. The zero-order valence-corrected chi connectivity index (χ0v) is 22.6. The average Bonchev–Trinajstić information content (AvgIpc) is 2.98. The van der Waals surface area contributed by atoms with Crippen molar-refractivity contribution in [2.24, 2.45) is 0 Å². The largest absolute Gasteiger partial charge is 0.508 e. The normalized spacial score (nSPS) is 24.7. The van der Waals surface area contributed by atoms with Crippen molar-refractivity contribution in [2.45, 2.75) is 36.8 Å². The van der Waals surface area contributed by atoms with Crippen LogP contribution < -0.4 is 4.74 Å². The van der Waals surface area contributed by atoms with Gasteiger partial charge in [-0.05, 0) is 42.0 Å². The summed E-state index contributed by atoms with van der Waals surface area (Å²) in [6.07, 6.45) is -6.01. The van der Waals surface area contributed by atoms with Crippen LogP contribution in [0.3, 0.4) is 0 Å². The number of hydrogen-bond acceptors (Lipinski definition) is 14. The van der Waals surface area contributed by atoms with Gasteiger partial charge in [0.15, 0.2) is 23.4 Å². The standard InChI is InChI=1S/C30H28O14/c31-15-4-1-13(2-5-15)3-6-24(36)41-12-23-26(38)27(39)28(40)30(44-23)43-22-11-17-18(33)9-16(32)10-21(17)42-29(22)14-7-19(34)25(37)20(35)8-14/h1-11,23,26-35,37-40H,12H2/b6-3+/t23-,26-,27+,28-,29?,30-/m1/s1. The number of benzene rings is 3. The molecule has 3 aromatic carbocycles. The lowest BCUT2D eigenvalue weighted by atomic mass is 9.98. The second-order valence-corrected chi connectivity index (χ2v) is 10.0. The monoisotopic (exact) mass is 612 g/mol. The number of aromatic hydroxyl groups is 6. The third-order valence-corrected chi connectivity index (χ3v) is 6.91. The highest BCUT2D eigenvalue weighted by atomic mass is 16.7. The Morgan fingerprint density at radius 2 is 1.50 bits per heavy atom. The summed E-state index contributed by atoms with van der Waals surface area (Å²) in [5, 5.41) is 91.3. The first kappa shape index (κ1) is 30.3. The van der Waals surface area contributed by atoms with Gasteiger partial charge in [0.25, 0.3) is 0 Å². The highest BCUT2D eigenvalue weighted by Crippen LogP contribution is 2.47. The number of aliphatic hydroxyl groups is 3. The summed E-state index contributed by atoms with van der Waals surface area (Å²) in [6, 6.07) is 10.3. The lowest BCUT2D eigenvalue weighted by Crippen LogP contribution is -2.59. The fourth-order valence-electron chi connectivity index (χ4n) is 4.60. The Balaban J connectivity index is 1.37. The number of fused-ring (bicyclic) bond motifs is 1. The van der Waals surface area contributed by atoms with Crippen LogP contribution >= 0.6 is 0 Å². The average molecular weight is 613 g/mol. The topological polar surface area (TPSA) is 236 Å². The Bertz CT molecular complexity index is 1570. The number of hydrogen-bond donors (Lipinski definition) is 9. The van der Waals surface area contributed by atoms with Crippen LogP contribution in [0.25, 0.3) is 12.2 Å². The molecular formula is C30H28O14. The molecule has 0 amide bonds. The van der Waals surface area contributed by atoms with Crippen molar-refractivity contribution in [2.75, 3.05) is 6.61 Å². The molecule has 0 aliphatic carbocycles. The molecule has 14 nitrogen and oxygen atoms in total. The summed E-state index contributed by atoms with van der Waals surface area (Å²) in [5.74, 6) is -3.96. The fourth-order valence-corrected chi connectivity index (χ4v) is 4.60. The number of phenols is 6. The van der Waals surface area contributed by atoms with Crippen molar-refractivity contribution in [1.29, 1.82) is 0 Å². The van der Waals surface area contributed by atoms with Crippen molar-refractivity contribution in [3.8, 4) is 40.2 Å². The van der Waals surface area contributed by atoms with Gasteiger partial charge >= 0.3 is 5.97 Å². The van der Waals surface area contributed by atoms with Gasteiger partial charge in [-0.1, -0.05) is 12.1 Å². The minimum Gasteiger partial charge on any atom is -0.508 e. The van der Waals surface area contributed by atoms with Crippen LogP contribution in [0, 0.1) is 0 Å². The molecule has 2 heterocycles. The van der Waals surface area contributed by atoms with Gasteiger partial charge in [-0.15, -0.1) is 0 Å². The number of carbonyl (C=O) groups is 1. The van der Waals surface area contributed by atoms with Gasteiger partial charge < -0.3 is 64.9 Å². The number of carbonyl (C=O) groups excluding carboxylic acids is 1. The van der Waals surface area contributed by atoms with Gasteiger partial charge in [-0.3, -0.25) is 0 Å². The minimum atomic E-state index is -1.84. The highest BCUT2D eigenvalue weighted by molar-refractivity contribution is 5.87. The van der Waals surface area contributed by atoms with Gasteiger partial charge in [0.05, 0.1) is 5.56 Å². The summed E-state index contributed by atoms with van der Waals surface area (Å²) in [5.41, 5.74) is 0.656. The van der Waals surface area contributed by atoms with Crippen molar-refractivity contribution in [1.82, 2.24) is 0 Å². The Labute approximate surface area is 248 Å². The van der Waals surface area contributed by atoms with E-state index in [0.717, 1.165) is 24.3 Å². The summed E-state index contributed by atoms with van der Waals surface area (Å²) >= 11 is 0. The lowest BCUT2D eigenvalue weighted by Gasteiger charge is -2.41. The number of esters is 1. The van der Waals surface area contributed by atoms with Crippen molar-refractivity contribution < 1.29 is 69.7 Å². The first-order valence-corrected chi connectivity index (χ1v) is 13.1. The Morgan fingerprint density at radius 3 is 2.18 bits per heavy atom. The molecule has 3 aromatic rings. The molecule has 2 aliphatic rings. The van der Waals surface area contributed by atoms with Crippen LogP contribution in [0.4, 0.5) is 0 Å². The Hall–Kier alpha value is -5.15. The molecule has 1 unspecified atom stereocenters. The quantitative estimate of drug-likeness (QED) is 0.104. The summed E-state index contributed by atoms with van der Waals surface area (Å²) in [4.78, 5) is 12.3. The number of ether oxygens (including phenoxy) is 4. The maximum absolute atomic E-state index is 12.3. The van der Waals surface area contributed by atoms with E-state index >= 15 is 0 Å². The summed E-state index contributed by atoms with van der Waals surface area (Å²) < 4.78 is 22.5. The number of phenolic OH excluding ortho intramolecular Hbond substituents is 6. The third-order valence-electron chi connectivity index (χ3n) is 6.91. The molecule has 1 saturated heterocycles. The minimum absolute atomic E-state index is 0.0225. The molecule has 5 rings (SSSR count). The van der Waals surface area contributed by atoms with E-state index < -0.39 is 72.4 Å². The molecule has 44 heavy (non-hydrogen) atoms. The van der Waals surface area contributed by atoms with E-state index in [1.165, 1.54) is 30.4 Å². The van der Waals surface area contributed by atoms with Crippen LogP contribution in [0.2, 0.25) is 0 Å². The van der Waals surface area contributed by atoms with E-state index in [2.05, 4.69) is 0 Å². The van der Waals surface area contributed by atoms with Crippen LogP contribution in [-0.2, 0) is 19.0 Å². The van der Waals surface area contributed by atoms with Crippen LogP contribution in [0.5, 0.6) is 40.2 Å². The predicted molar refractivity (Wildman–Crippen MR) is 148 cm³/mol. The maximum atomic E-state index is 12.3. The molecule has 0 saturated carbocycles. The molecule has 9 N–H and O–H groups in total. The van der Waals surface area contributed by atoms with E-state index in [4.69, 9.17) is 18.9 Å². The van der Waals surface area contributed by atoms with E-state index in [9.17, 15) is 50.8 Å². The zero-order chi connectivity index (χ0) is 31.7. The van der Waals surface area contributed by atoms with Gasteiger partial charge in [-0.25, -0.2) is 4.79 Å². The zero-order valence-electron chi connectivity index (χ0n) is 22.6.